The zero-order valence-corrected chi connectivity index (χ0v) is 13.5. The van der Waals surface area contributed by atoms with E-state index < -0.39 is 11.7 Å². The number of rotatable bonds is 6. The maximum Gasteiger partial charge on any atom is 0.416 e. The number of halogens is 3. The lowest BCUT2D eigenvalue weighted by atomic mass is 10.2. The molecule has 0 bridgehead atoms. The number of hydrogen-bond acceptors (Lipinski definition) is 2. The van der Waals surface area contributed by atoms with Crippen molar-refractivity contribution < 1.29 is 17.9 Å². The Labute approximate surface area is 134 Å². The molecule has 0 spiro atoms. The minimum absolute atomic E-state index is 0.526. The second-order valence-electron chi connectivity index (χ2n) is 5.45. The lowest BCUT2D eigenvalue weighted by Crippen LogP contribution is -2.18. The van der Waals surface area contributed by atoms with Gasteiger partial charge >= 0.3 is 6.18 Å². The van der Waals surface area contributed by atoms with Crippen LogP contribution in [0.2, 0.25) is 0 Å². The predicted octanol–water partition coefficient (Wildman–Crippen LogP) is 3.85. The van der Waals surface area contributed by atoms with Crippen LogP contribution in [-0.2, 0) is 17.5 Å². The first-order valence-electron chi connectivity index (χ1n) is 7.39. The van der Waals surface area contributed by atoms with Gasteiger partial charge < -0.3 is 14.6 Å². The fourth-order valence-electron chi connectivity index (χ4n) is 2.62. The number of alkyl halides is 3. The number of ether oxygens (including phenoxy) is 1. The fourth-order valence-corrected chi connectivity index (χ4v) is 2.62. The first-order chi connectivity index (χ1) is 10.8. The highest BCUT2D eigenvalue weighted by atomic mass is 19.4. The van der Waals surface area contributed by atoms with Gasteiger partial charge in [0.15, 0.2) is 0 Å². The molecule has 126 valence electrons. The van der Waals surface area contributed by atoms with E-state index >= 15 is 0 Å². The van der Waals surface area contributed by atoms with E-state index in [0.717, 1.165) is 29.6 Å². The number of nitrogens with one attached hydrogen (secondary N) is 1. The highest BCUT2D eigenvalue weighted by Gasteiger charge is 2.30. The molecule has 2 aromatic rings. The van der Waals surface area contributed by atoms with Gasteiger partial charge in [-0.25, -0.2) is 0 Å². The van der Waals surface area contributed by atoms with Gasteiger partial charge in [0, 0.05) is 37.3 Å². The zero-order chi connectivity index (χ0) is 17.0. The molecule has 3 nitrogen and oxygen atoms in total. The number of aromatic nitrogens is 1. The topological polar surface area (TPSA) is 26.2 Å². The van der Waals surface area contributed by atoms with Crippen molar-refractivity contribution >= 4 is 0 Å². The van der Waals surface area contributed by atoms with Crippen LogP contribution in [0.1, 0.15) is 22.5 Å². The summed E-state index contributed by atoms with van der Waals surface area (Å²) in [5.74, 6) is 0. The molecule has 0 unspecified atom stereocenters. The molecule has 1 N–H and O–H groups in total. The molecular formula is C17H21F3N2O. The van der Waals surface area contributed by atoms with Gasteiger partial charge in [0.1, 0.15) is 0 Å². The smallest absolute Gasteiger partial charge is 0.383 e. The highest BCUT2D eigenvalue weighted by Crippen LogP contribution is 2.31. The van der Waals surface area contributed by atoms with Crippen LogP contribution in [0.4, 0.5) is 13.2 Å². The summed E-state index contributed by atoms with van der Waals surface area (Å²) in [6.45, 7) is 5.81. The Hall–Kier alpha value is -1.79. The van der Waals surface area contributed by atoms with Crippen molar-refractivity contribution in [2.24, 2.45) is 0 Å². The molecule has 0 aliphatic carbocycles. The van der Waals surface area contributed by atoms with E-state index in [1.807, 2.05) is 24.5 Å². The van der Waals surface area contributed by atoms with Crippen LogP contribution in [0.25, 0.3) is 5.69 Å². The van der Waals surface area contributed by atoms with Crippen molar-refractivity contribution in [2.75, 3.05) is 20.3 Å². The molecule has 0 amide bonds. The molecule has 0 aliphatic heterocycles. The van der Waals surface area contributed by atoms with E-state index in [4.69, 9.17) is 4.74 Å². The first-order valence-corrected chi connectivity index (χ1v) is 7.39. The molecule has 0 saturated carbocycles. The van der Waals surface area contributed by atoms with E-state index in [1.165, 1.54) is 12.1 Å². The monoisotopic (exact) mass is 326 g/mol. The van der Waals surface area contributed by atoms with Crippen molar-refractivity contribution in [2.45, 2.75) is 26.6 Å². The molecular weight excluding hydrogens is 305 g/mol. The number of methoxy groups -OCH3 is 1. The molecule has 0 fully saturated rings. The molecule has 0 saturated heterocycles. The lowest BCUT2D eigenvalue weighted by Gasteiger charge is -2.13. The number of nitrogens with zero attached hydrogens (tertiary/aromatic N) is 1. The van der Waals surface area contributed by atoms with E-state index in [2.05, 4.69) is 5.32 Å². The van der Waals surface area contributed by atoms with Gasteiger partial charge in [-0.2, -0.15) is 13.2 Å². The molecule has 0 radical (unpaired) electrons. The maximum atomic E-state index is 12.9. The van der Waals surface area contributed by atoms with Gasteiger partial charge in [-0.05, 0) is 43.7 Å². The van der Waals surface area contributed by atoms with Crippen molar-refractivity contribution in [1.82, 2.24) is 9.88 Å². The van der Waals surface area contributed by atoms with Crippen LogP contribution in [0, 0.1) is 13.8 Å². The Bertz CT molecular complexity index is 662. The largest absolute Gasteiger partial charge is 0.416 e. The van der Waals surface area contributed by atoms with Crippen LogP contribution in [0.3, 0.4) is 0 Å². The van der Waals surface area contributed by atoms with Gasteiger partial charge in [-0.15, -0.1) is 0 Å². The summed E-state index contributed by atoms with van der Waals surface area (Å²) >= 11 is 0. The molecule has 1 aromatic carbocycles. The molecule has 23 heavy (non-hydrogen) atoms. The van der Waals surface area contributed by atoms with E-state index in [-0.39, 0.29) is 0 Å². The van der Waals surface area contributed by atoms with Gasteiger partial charge in [-0.1, -0.05) is 6.07 Å². The van der Waals surface area contributed by atoms with Crippen molar-refractivity contribution in [1.29, 1.82) is 0 Å². The molecule has 1 aromatic heterocycles. The Kier molecular flexibility index (Phi) is 5.49. The van der Waals surface area contributed by atoms with Crippen LogP contribution in [0.15, 0.2) is 30.3 Å². The third-order valence-electron chi connectivity index (χ3n) is 3.77. The van der Waals surface area contributed by atoms with Gasteiger partial charge in [0.2, 0.25) is 0 Å². The normalized spacial score (nSPS) is 11.9. The first kappa shape index (κ1) is 17.6. The average molecular weight is 326 g/mol. The second-order valence-corrected chi connectivity index (χ2v) is 5.45. The third kappa shape index (κ3) is 4.14. The average Bonchev–Trinajstić information content (AvgIpc) is 2.77. The summed E-state index contributed by atoms with van der Waals surface area (Å²) in [6, 6.07) is 7.40. The van der Waals surface area contributed by atoms with E-state index in [9.17, 15) is 13.2 Å². The predicted molar refractivity (Wildman–Crippen MR) is 83.8 cm³/mol. The summed E-state index contributed by atoms with van der Waals surface area (Å²) < 4.78 is 45.5. The van der Waals surface area contributed by atoms with E-state index in [0.29, 0.717) is 18.8 Å². The number of aryl methyl sites for hydroxylation is 1. The minimum atomic E-state index is -4.34. The van der Waals surface area contributed by atoms with E-state index in [1.54, 1.807) is 13.2 Å². The summed E-state index contributed by atoms with van der Waals surface area (Å²) in [5, 5.41) is 3.25. The Morgan fingerprint density at radius 2 is 1.91 bits per heavy atom. The Balaban J connectivity index is 2.28. The molecule has 1 heterocycles. The number of benzene rings is 1. The number of hydrogen-bond donors (Lipinski definition) is 1. The summed E-state index contributed by atoms with van der Waals surface area (Å²) in [6.07, 6.45) is -4.34. The molecule has 0 atom stereocenters. The standard InChI is InChI=1S/C17H21F3N2O/c1-12-9-14(11-21-7-8-23-3)13(2)22(12)16-6-4-5-15(10-16)17(18,19)20/h4-6,9-10,21H,7-8,11H2,1-3H3. The summed E-state index contributed by atoms with van der Waals surface area (Å²) in [5.41, 5.74) is 2.80. The maximum absolute atomic E-state index is 12.9. The molecule has 6 heteroatoms. The van der Waals surface area contributed by atoms with Crippen molar-refractivity contribution in [3.63, 3.8) is 0 Å². The highest BCUT2D eigenvalue weighted by molar-refractivity contribution is 5.43. The van der Waals surface area contributed by atoms with Crippen LogP contribution >= 0.6 is 0 Å². The third-order valence-corrected chi connectivity index (χ3v) is 3.77. The summed E-state index contributed by atoms with van der Waals surface area (Å²) in [7, 11) is 1.64. The SMILES string of the molecule is COCCNCc1cc(C)n(-c2cccc(C(F)(F)F)c2)c1C. The molecule has 0 aliphatic rings. The second kappa shape index (κ2) is 7.19. The van der Waals surface area contributed by atoms with Gasteiger partial charge in [-0.3, -0.25) is 0 Å². The van der Waals surface area contributed by atoms with Crippen molar-refractivity contribution in [3.05, 3.63) is 52.8 Å². The minimum Gasteiger partial charge on any atom is -0.383 e. The Morgan fingerprint density at radius 3 is 2.57 bits per heavy atom. The summed E-state index contributed by atoms with van der Waals surface area (Å²) in [4.78, 5) is 0. The van der Waals surface area contributed by atoms with Crippen LogP contribution in [0.5, 0.6) is 0 Å². The lowest BCUT2D eigenvalue weighted by molar-refractivity contribution is -0.137. The van der Waals surface area contributed by atoms with Crippen LogP contribution < -0.4 is 5.32 Å². The quantitative estimate of drug-likeness (QED) is 0.816. The molecule has 2 rings (SSSR count). The van der Waals surface area contributed by atoms with Crippen LogP contribution in [-0.4, -0.2) is 24.8 Å². The Morgan fingerprint density at radius 1 is 1.17 bits per heavy atom. The van der Waals surface area contributed by atoms with Gasteiger partial charge in [0.25, 0.3) is 0 Å². The van der Waals surface area contributed by atoms with Crippen molar-refractivity contribution in [3.8, 4) is 5.69 Å². The fraction of sp³-hybridized carbons (Fsp3) is 0.412. The van der Waals surface area contributed by atoms with Gasteiger partial charge in [0.05, 0.1) is 12.2 Å². The zero-order valence-electron chi connectivity index (χ0n) is 13.5.